The first-order valence-corrected chi connectivity index (χ1v) is 3.62. The van der Waals surface area contributed by atoms with Gasteiger partial charge in [-0.3, -0.25) is 0 Å². The number of hydrogen-bond acceptors (Lipinski definition) is 1. The van der Waals surface area contributed by atoms with Gasteiger partial charge in [-0.2, -0.15) is 0 Å². The maximum atomic E-state index is 11.1. The predicted octanol–water partition coefficient (Wildman–Crippen LogP) is -3.57. The van der Waals surface area contributed by atoms with Crippen molar-refractivity contribution in [3.05, 3.63) is 18.2 Å². The molecule has 0 fully saturated rings. The van der Waals surface area contributed by atoms with Gasteiger partial charge < -0.3 is 22.3 Å². The molecule has 1 aliphatic heterocycles. The number of aryl methyl sites for hydroxylation is 1. The fraction of sp³-hybridized carbons (Fsp3) is 0.429. The zero-order valence-corrected chi connectivity index (χ0v) is 8.34. The third-order valence-corrected chi connectivity index (χ3v) is 1.84. The van der Waals surface area contributed by atoms with Crippen LogP contribution >= 0.6 is 0 Å². The molecule has 1 amide bonds. The molecule has 0 atom stereocenters. The first-order valence-electron chi connectivity index (χ1n) is 3.62. The maximum absolute atomic E-state index is 11.1. The molecule has 0 saturated carbocycles. The number of halogens is 1. The number of hydrogen-bond donors (Lipinski definition) is 1. The molecule has 1 N–H and O–H groups in total. The summed E-state index contributed by atoms with van der Waals surface area (Å²) in [5, 5.41) is 2.76. The average Bonchev–Trinajstić information content (AvgIpc) is 2.31. The lowest BCUT2D eigenvalue weighted by atomic mass is 10.3. The number of carbonyl (C=O) groups is 1. The van der Waals surface area contributed by atoms with Crippen molar-refractivity contribution in [2.45, 2.75) is 6.42 Å². The van der Waals surface area contributed by atoms with Crippen molar-refractivity contribution in [2.24, 2.45) is 7.05 Å². The molecule has 2 rings (SSSR count). The summed E-state index contributed by atoms with van der Waals surface area (Å²) in [4.78, 5) is 11.1. The highest BCUT2D eigenvalue weighted by atomic mass is 79.9. The molecule has 0 bridgehead atoms. The van der Waals surface area contributed by atoms with Crippen LogP contribution in [0.5, 0.6) is 0 Å². The van der Waals surface area contributed by atoms with Crippen LogP contribution in [0.3, 0.4) is 0 Å². The van der Waals surface area contributed by atoms with E-state index >= 15 is 0 Å². The van der Waals surface area contributed by atoms with E-state index in [-0.39, 0.29) is 23.0 Å². The van der Waals surface area contributed by atoms with Crippen LogP contribution in [0, 0.1) is 0 Å². The second kappa shape index (κ2) is 3.26. The highest BCUT2D eigenvalue weighted by molar-refractivity contribution is 5.77. The quantitative estimate of drug-likeness (QED) is 0.462. The van der Waals surface area contributed by atoms with E-state index in [0.29, 0.717) is 0 Å². The van der Waals surface area contributed by atoms with E-state index in [4.69, 9.17) is 0 Å². The van der Waals surface area contributed by atoms with Crippen molar-refractivity contribution in [3.63, 3.8) is 0 Å². The molecule has 0 radical (unpaired) electrons. The predicted molar refractivity (Wildman–Crippen MR) is 38.1 cm³/mol. The number of fused-ring (bicyclic) bond motifs is 1. The van der Waals surface area contributed by atoms with Crippen LogP contribution in [-0.4, -0.2) is 17.1 Å². The van der Waals surface area contributed by atoms with E-state index in [9.17, 15) is 4.79 Å². The number of amides is 1. The second-order valence-corrected chi connectivity index (χ2v) is 2.75. The molecule has 1 aliphatic rings. The van der Waals surface area contributed by atoms with E-state index in [1.165, 1.54) is 0 Å². The molecular formula is C7H10BrN3O. The van der Waals surface area contributed by atoms with E-state index in [1.54, 1.807) is 10.9 Å². The van der Waals surface area contributed by atoms with Gasteiger partial charge in [-0.15, -0.1) is 4.57 Å². The molecule has 0 spiro atoms. The lowest BCUT2D eigenvalue weighted by molar-refractivity contribution is -0.670. The van der Waals surface area contributed by atoms with E-state index in [1.807, 2.05) is 17.8 Å². The van der Waals surface area contributed by atoms with Crippen LogP contribution in [0.4, 0.5) is 4.79 Å². The lowest BCUT2D eigenvalue weighted by Crippen LogP contribution is -3.00. The number of aromatic nitrogens is 2. The Labute approximate surface area is 81.0 Å². The zero-order valence-electron chi connectivity index (χ0n) is 6.75. The minimum absolute atomic E-state index is 0. The van der Waals surface area contributed by atoms with Crippen molar-refractivity contribution in [1.82, 2.24) is 9.88 Å². The molecule has 0 aromatic carbocycles. The van der Waals surface area contributed by atoms with Gasteiger partial charge in [-0.05, 0) is 0 Å². The molecule has 2 heterocycles. The van der Waals surface area contributed by atoms with Crippen molar-refractivity contribution in [1.29, 1.82) is 0 Å². The van der Waals surface area contributed by atoms with Gasteiger partial charge in [0.05, 0.1) is 7.05 Å². The summed E-state index contributed by atoms with van der Waals surface area (Å²) < 4.78 is 3.53. The van der Waals surface area contributed by atoms with Gasteiger partial charge in [0, 0.05) is 13.0 Å². The number of carbonyl (C=O) groups excluding carboxylic acids is 1. The average molecular weight is 232 g/mol. The van der Waals surface area contributed by atoms with Crippen LogP contribution in [0.1, 0.15) is 5.69 Å². The fourth-order valence-corrected chi connectivity index (χ4v) is 1.34. The Bertz CT molecular complexity index is 308. The zero-order chi connectivity index (χ0) is 7.84. The summed E-state index contributed by atoms with van der Waals surface area (Å²) in [6.45, 7) is 0.753. The Morgan fingerprint density at radius 3 is 3.08 bits per heavy atom. The standard InChI is InChI=1S/C7H9N3O.BrH/c1-9-4-6-2-3-8-7(11)10(6)5-9;/h4-5H,2-3H2,1H3;1H. The highest BCUT2D eigenvalue weighted by Crippen LogP contribution is 2.01. The van der Waals surface area contributed by atoms with Crippen LogP contribution in [0.15, 0.2) is 12.5 Å². The SMILES string of the molecule is C[n+]1cc2n(c1)C(=O)NCC2.[Br-]. The summed E-state index contributed by atoms with van der Waals surface area (Å²) in [7, 11) is 1.92. The lowest BCUT2D eigenvalue weighted by Gasteiger charge is -2.07. The second-order valence-electron chi connectivity index (χ2n) is 2.75. The molecule has 0 unspecified atom stereocenters. The molecule has 12 heavy (non-hydrogen) atoms. The van der Waals surface area contributed by atoms with Crippen molar-refractivity contribution in [2.75, 3.05) is 6.54 Å². The van der Waals surface area contributed by atoms with Gasteiger partial charge >= 0.3 is 6.03 Å². The highest BCUT2D eigenvalue weighted by Gasteiger charge is 2.22. The Kier molecular flexibility index (Phi) is 2.52. The summed E-state index contributed by atoms with van der Waals surface area (Å²) in [6.07, 6.45) is 4.68. The molecule has 0 aliphatic carbocycles. The maximum Gasteiger partial charge on any atom is 0.413 e. The number of nitrogens with one attached hydrogen (secondary N) is 1. The van der Waals surface area contributed by atoms with E-state index in [2.05, 4.69) is 5.32 Å². The first-order chi connectivity index (χ1) is 5.27. The monoisotopic (exact) mass is 231 g/mol. The van der Waals surface area contributed by atoms with Gasteiger partial charge in [0.25, 0.3) is 6.33 Å². The normalized spacial score (nSPS) is 14.6. The number of nitrogens with zero attached hydrogens (tertiary/aromatic N) is 2. The van der Waals surface area contributed by atoms with Gasteiger partial charge in [0.1, 0.15) is 6.20 Å². The molecule has 5 heteroatoms. The summed E-state index contributed by atoms with van der Waals surface area (Å²) in [6, 6.07) is -0.0214. The number of imidazole rings is 1. The molecule has 0 saturated heterocycles. The molecular weight excluding hydrogens is 222 g/mol. The Balaban J connectivity index is 0.000000720. The largest absolute Gasteiger partial charge is 1.00 e. The van der Waals surface area contributed by atoms with Crippen molar-refractivity contribution in [3.8, 4) is 0 Å². The number of rotatable bonds is 0. The minimum atomic E-state index is -0.0214. The topological polar surface area (TPSA) is 37.9 Å². The van der Waals surface area contributed by atoms with Crippen LogP contribution < -0.4 is 26.9 Å². The summed E-state index contributed by atoms with van der Waals surface area (Å²) in [5.41, 5.74) is 1.08. The third-order valence-electron chi connectivity index (χ3n) is 1.84. The van der Waals surface area contributed by atoms with Crippen LogP contribution in [0.25, 0.3) is 0 Å². The van der Waals surface area contributed by atoms with Gasteiger partial charge in [-0.1, -0.05) is 0 Å². The van der Waals surface area contributed by atoms with Gasteiger partial charge in [0.15, 0.2) is 5.69 Å². The van der Waals surface area contributed by atoms with Gasteiger partial charge in [-0.25, -0.2) is 9.36 Å². The molecule has 1 aromatic heterocycles. The van der Waals surface area contributed by atoms with Crippen molar-refractivity contribution >= 4 is 6.03 Å². The fourth-order valence-electron chi connectivity index (χ4n) is 1.34. The van der Waals surface area contributed by atoms with Crippen molar-refractivity contribution < 1.29 is 26.3 Å². The molecule has 66 valence electrons. The van der Waals surface area contributed by atoms with Gasteiger partial charge in [0.2, 0.25) is 0 Å². The van der Waals surface area contributed by atoms with Crippen LogP contribution in [-0.2, 0) is 13.5 Å². The Hall–Kier alpha value is -0.840. The smallest absolute Gasteiger partial charge is 0.413 e. The Morgan fingerprint density at radius 2 is 2.42 bits per heavy atom. The molecule has 1 aromatic rings. The van der Waals surface area contributed by atoms with E-state index in [0.717, 1.165) is 18.7 Å². The summed E-state index contributed by atoms with van der Waals surface area (Å²) in [5.74, 6) is 0. The third kappa shape index (κ3) is 1.36. The molecule has 4 nitrogen and oxygen atoms in total. The minimum Gasteiger partial charge on any atom is -1.00 e. The van der Waals surface area contributed by atoms with Crippen LogP contribution in [0.2, 0.25) is 0 Å². The van der Waals surface area contributed by atoms with E-state index < -0.39 is 0 Å². The first kappa shape index (κ1) is 9.25. The summed E-state index contributed by atoms with van der Waals surface area (Å²) >= 11 is 0. The Morgan fingerprint density at radius 1 is 1.67 bits per heavy atom.